The number of likely N-dealkylation sites (N-methyl/N-ethyl adjacent to an activating group) is 1. The van der Waals surface area contributed by atoms with Gasteiger partial charge in [0.15, 0.2) is 0 Å². The van der Waals surface area contributed by atoms with Gasteiger partial charge in [-0.2, -0.15) is 5.10 Å². The number of hydrogen-bond acceptors (Lipinski definition) is 6. The third-order valence-electron chi connectivity index (χ3n) is 5.66. The van der Waals surface area contributed by atoms with Gasteiger partial charge in [-0.05, 0) is 19.4 Å². The van der Waals surface area contributed by atoms with Gasteiger partial charge in [0.05, 0.1) is 35.9 Å². The number of rotatable bonds is 7. The Morgan fingerprint density at radius 2 is 2.03 bits per heavy atom. The van der Waals surface area contributed by atoms with Crippen molar-refractivity contribution in [3.63, 3.8) is 0 Å². The zero-order valence-corrected chi connectivity index (χ0v) is 18.3. The van der Waals surface area contributed by atoms with Crippen LogP contribution in [0.25, 0.3) is 0 Å². The average molecular weight is 421 g/mol. The molecule has 3 heterocycles. The minimum atomic E-state index is -0.400. The molecule has 0 aliphatic carbocycles. The van der Waals surface area contributed by atoms with E-state index in [1.807, 2.05) is 67.1 Å². The summed E-state index contributed by atoms with van der Waals surface area (Å²) >= 11 is 0. The van der Waals surface area contributed by atoms with Gasteiger partial charge >= 0.3 is 0 Å². The van der Waals surface area contributed by atoms with E-state index >= 15 is 0 Å². The molecule has 0 radical (unpaired) electrons. The predicted molar refractivity (Wildman–Crippen MR) is 121 cm³/mol. The van der Waals surface area contributed by atoms with Gasteiger partial charge < -0.3 is 20.3 Å². The first-order valence-corrected chi connectivity index (χ1v) is 10.3. The second-order valence-electron chi connectivity index (χ2n) is 7.86. The Morgan fingerprint density at radius 1 is 1.26 bits per heavy atom. The lowest BCUT2D eigenvalue weighted by Gasteiger charge is -2.38. The second kappa shape index (κ2) is 8.77. The number of aromatic nitrogens is 3. The molecule has 8 nitrogen and oxygen atoms in total. The molecule has 31 heavy (non-hydrogen) atoms. The van der Waals surface area contributed by atoms with Crippen LogP contribution in [0.5, 0.6) is 0 Å². The molecule has 162 valence electrons. The molecule has 1 aromatic carbocycles. The minimum Gasteiger partial charge on any atom is -0.379 e. The molecule has 4 rings (SSSR count). The molecular formula is C23H28N6O2. The number of benzene rings is 1. The number of pyridine rings is 1. The van der Waals surface area contributed by atoms with Crippen molar-refractivity contribution in [2.45, 2.75) is 39.1 Å². The monoisotopic (exact) mass is 420 g/mol. The maximum absolute atomic E-state index is 12.6. The number of methoxy groups -OCH3 is 1. The number of ether oxygens (including phenoxy) is 1. The SMILES string of the molecule is COC(C)C1C(=O)Nc2c(cc(NCc3cnn(Cc4ccccc4)c3)nc2C)N1C. The summed E-state index contributed by atoms with van der Waals surface area (Å²) in [5.74, 6) is 0.666. The fourth-order valence-electron chi connectivity index (χ4n) is 3.91. The molecule has 8 heteroatoms. The van der Waals surface area contributed by atoms with E-state index in [9.17, 15) is 4.79 Å². The first-order valence-electron chi connectivity index (χ1n) is 10.3. The lowest BCUT2D eigenvalue weighted by Crippen LogP contribution is -2.52. The average Bonchev–Trinajstić information content (AvgIpc) is 3.21. The van der Waals surface area contributed by atoms with Crippen molar-refractivity contribution in [3.05, 3.63) is 65.6 Å². The van der Waals surface area contributed by atoms with E-state index < -0.39 is 6.04 Å². The number of fused-ring (bicyclic) bond motifs is 1. The third-order valence-corrected chi connectivity index (χ3v) is 5.66. The van der Waals surface area contributed by atoms with Gasteiger partial charge in [-0.25, -0.2) is 4.98 Å². The molecular weight excluding hydrogens is 392 g/mol. The number of aryl methyl sites for hydroxylation is 1. The highest BCUT2D eigenvalue weighted by atomic mass is 16.5. The standard InChI is InChI=1S/C23H28N6O2/c1-15-21-19(28(3)22(16(2)31-4)23(30)27-21)10-20(26-15)24-11-18-12-25-29(14-18)13-17-8-6-5-7-9-17/h5-10,12,14,16,22H,11,13H2,1-4H3,(H,24,26)(H,27,30). The second-order valence-corrected chi connectivity index (χ2v) is 7.86. The largest absolute Gasteiger partial charge is 0.379 e. The quantitative estimate of drug-likeness (QED) is 0.611. The number of anilines is 3. The van der Waals surface area contributed by atoms with E-state index in [2.05, 4.69) is 32.8 Å². The lowest BCUT2D eigenvalue weighted by molar-refractivity contribution is -0.120. The fourth-order valence-corrected chi connectivity index (χ4v) is 3.91. The van der Waals surface area contributed by atoms with Crippen LogP contribution >= 0.6 is 0 Å². The van der Waals surface area contributed by atoms with Crippen LogP contribution in [0.4, 0.5) is 17.2 Å². The zero-order valence-electron chi connectivity index (χ0n) is 18.3. The van der Waals surface area contributed by atoms with Crippen molar-refractivity contribution < 1.29 is 9.53 Å². The maximum atomic E-state index is 12.6. The van der Waals surface area contributed by atoms with Crippen LogP contribution in [0.3, 0.4) is 0 Å². The van der Waals surface area contributed by atoms with Crippen molar-refractivity contribution in [1.82, 2.24) is 14.8 Å². The number of carbonyl (C=O) groups excluding carboxylic acids is 1. The van der Waals surface area contributed by atoms with Crippen LogP contribution in [0.2, 0.25) is 0 Å². The highest BCUT2D eigenvalue weighted by Gasteiger charge is 2.36. The Labute approximate surface area is 182 Å². The molecule has 1 aliphatic heterocycles. The number of nitrogens with zero attached hydrogens (tertiary/aromatic N) is 4. The van der Waals surface area contributed by atoms with Gasteiger partial charge in [-0.1, -0.05) is 30.3 Å². The van der Waals surface area contributed by atoms with Crippen molar-refractivity contribution in [3.8, 4) is 0 Å². The highest BCUT2D eigenvalue weighted by molar-refractivity contribution is 6.04. The predicted octanol–water partition coefficient (Wildman–Crippen LogP) is 3.04. The van der Waals surface area contributed by atoms with Gasteiger partial charge in [0, 0.05) is 38.5 Å². The third kappa shape index (κ3) is 4.39. The molecule has 2 atom stereocenters. The molecule has 2 unspecified atom stereocenters. The van der Waals surface area contributed by atoms with Crippen LogP contribution in [-0.2, 0) is 22.6 Å². The van der Waals surface area contributed by atoms with Crippen LogP contribution < -0.4 is 15.5 Å². The molecule has 2 N–H and O–H groups in total. The van der Waals surface area contributed by atoms with Crippen LogP contribution in [0.15, 0.2) is 48.8 Å². The fraction of sp³-hybridized carbons (Fsp3) is 0.348. The summed E-state index contributed by atoms with van der Waals surface area (Å²) in [6.07, 6.45) is 3.66. The van der Waals surface area contributed by atoms with Crippen LogP contribution in [0.1, 0.15) is 23.7 Å². The molecule has 1 aliphatic rings. The topological polar surface area (TPSA) is 84.3 Å². The van der Waals surface area contributed by atoms with E-state index in [0.29, 0.717) is 6.54 Å². The van der Waals surface area contributed by atoms with Crippen molar-refractivity contribution >= 4 is 23.1 Å². The molecule has 0 spiro atoms. The normalized spacial score (nSPS) is 16.6. The van der Waals surface area contributed by atoms with Gasteiger partial charge in [0.25, 0.3) is 0 Å². The molecule has 0 bridgehead atoms. The minimum absolute atomic E-state index is 0.0826. The first kappa shape index (κ1) is 20.9. The van der Waals surface area contributed by atoms with Gasteiger partial charge in [0.2, 0.25) is 5.91 Å². The highest BCUT2D eigenvalue weighted by Crippen LogP contribution is 2.36. The molecule has 0 fully saturated rings. The zero-order chi connectivity index (χ0) is 22.0. The Balaban J connectivity index is 1.48. The summed E-state index contributed by atoms with van der Waals surface area (Å²) in [6, 6.07) is 11.8. The summed E-state index contributed by atoms with van der Waals surface area (Å²) < 4.78 is 7.34. The summed E-state index contributed by atoms with van der Waals surface area (Å²) in [5, 5.41) is 10.8. The van der Waals surface area contributed by atoms with E-state index in [4.69, 9.17) is 4.74 Å². The van der Waals surface area contributed by atoms with E-state index in [-0.39, 0.29) is 12.0 Å². The van der Waals surface area contributed by atoms with Crippen LogP contribution in [0, 0.1) is 6.92 Å². The Kier molecular flexibility index (Phi) is 5.90. The first-order chi connectivity index (χ1) is 15.0. The molecule has 3 aromatic rings. The number of hydrogen-bond donors (Lipinski definition) is 2. The van der Waals surface area contributed by atoms with Crippen LogP contribution in [-0.4, -0.2) is 47.0 Å². The number of amides is 1. The van der Waals surface area contributed by atoms with E-state index in [1.165, 1.54) is 5.56 Å². The van der Waals surface area contributed by atoms with Crippen molar-refractivity contribution in [2.75, 3.05) is 29.7 Å². The van der Waals surface area contributed by atoms with E-state index in [0.717, 1.165) is 35.0 Å². The Morgan fingerprint density at radius 3 is 2.77 bits per heavy atom. The smallest absolute Gasteiger partial charge is 0.249 e. The van der Waals surface area contributed by atoms with Gasteiger partial charge in [0.1, 0.15) is 11.9 Å². The van der Waals surface area contributed by atoms with Gasteiger partial charge in [-0.3, -0.25) is 9.48 Å². The summed E-state index contributed by atoms with van der Waals surface area (Å²) in [7, 11) is 3.53. The Bertz CT molecular complexity index is 1070. The van der Waals surface area contributed by atoms with E-state index in [1.54, 1.807) is 7.11 Å². The molecule has 2 aromatic heterocycles. The molecule has 1 amide bonds. The van der Waals surface area contributed by atoms with Gasteiger partial charge in [-0.15, -0.1) is 0 Å². The molecule has 0 saturated heterocycles. The Hall–Kier alpha value is -3.39. The lowest BCUT2D eigenvalue weighted by atomic mass is 10.0. The number of carbonyl (C=O) groups is 1. The number of nitrogens with one attached hydrogen (secondary N) is 2. The summed E-state index contributed by atoms with van der Waals surface area (Å²) in [5.41, 5.74) is 4.71. The molecule has 0 saturated carbocycles. The summed E-state index contributed by atoms with van der Waals surface area (Å²) in [6.45, 7) is 5.14. The van der Waals surface area contributed by atoms with Crippen molar-refractivity contribution in [1.29, 1.82) is 0 Å². The maximum Gasteiger partial charge on any atom is 0.249 e. The van der Waals surface area contributed by atoms with Crippen molar-refractivity contribution in [2.24, 2.45) is 0 Å². The summed E-state index contributed by atoms with van der Waals surface area (Å²) in [4.78, 5) is 19.1.